The predicted octanol–water partition coefficient (Wildman–Crippen LogP) is 2.23. The lowest BCUT2D eigenvalue weighted by Gasteiger charge is -2.33. The highest BCUT2D eigenvalue weighted by Gasteiger charge is 2.19. The number of rotatable bonds is 7. The fraction of sp³-hybridized carbons (Fsp3) is 0.562. The highest BCUT2D eigenvalue weighted by molar-refractivity contribution is 5.38. The first-order chi connectivity index (χ1) is 9.75. The number of ether oxygens (including phenoxy) is 1. The Kier molecular flexibility index (Phi) is 6.02. The van der Waals surface area contributed by atoms with Crippen molar-refractivity contribution < 1.29 is 4.74 Å². The van der Waals surface area contributed by atoms with E-state index >= 15 is 0 Å². The van der Waals surface area contributed by atoms with Gasteiger partial charge in [-0.15, -0.1) is 0 Å². The van der Waals surface area contributed by atoms with Gasteiger partial charge in [-0.2, -0.15) is 0 Å². The zero-order chi connectivity index (χ0) is 14.2. The lowest BCUT2D eigenvalue weighted by atomic mass is 10.1. The Hall–Kier alpha value is -1.39. The fourth-order valence-electron chi connectivity index (χ4n) is 2.44. The van der Waals surface area contributed by atoms with E-state index < -0.39 is 0 Å². The summed E-state index contributed by atoms with van der Waals surface area (Å²) in [5.41, 5.74) is 1.08. The average Bonchev–Trinajstić information content (AvgIpc) is 2.48. The van der Waals surface area contributed by atoms with E-state index in [9.17, 15) is 0 Å². The zero-order valence-corrected chi connectivity index (χ0v) is 12.3. The number of nitrogens with zero attached hydrogens (tertiary/aromatic N) is 2. The topological polar surface area (TPSA) is 37.4 Å². The van der Waals surface area contributed by atoms with E-state index in [1.807, 2.05) is 25.3 Å². The number of aromatic nitrogens is 1. The van der Waals surface area contributed by atoms with E-state index in [2.05, 4.69) is 27.8 Å². The lowest BCUT2D eigenvalue weighted by molar-refractivity contribution is 0.154. The summed E-state index contributed by atoms with van der Waals surface area (Å²) in [7, 11) is 0. The Labute approximate surface area is 121 Å². The molecule has 0 spiro atoms. The quantitative estimate of drug-likeness (QED) is 0.612. The first-order valence-electron chi connectivity index (χ1n) is 7.37. The molecule has 1 fully saturated rings. The molecule has 0 radical (unpaired) electrons. The van der Waals surface area contributed by atoms with Crippen molar-refractivity contribution in [1.29, 1.82) is 0 Å². The molecule has 0 amide bonds. The van der Waals surface area contributed by atoms with E-state index in [-0.39, 0.29) is 0 Å². The third kappa shape index (κ3) is 4.94. The van der Waals surface area contributed by atoms with Crippen molar-refractivity contribution in [3.05, 3.63) is 36.5 Å². The molecule has 20 heavy (non-hydrogen) atoms. The van der Waals surface area contributed by atoms with Crippen LogP contribution in [0.2, 0.25) is 0 Å². The van der Waals surface area contributed by atoms with Gasteiger partial charge >= 0.3 is 0 Å². The molecule has 2 rings (SSSR count). The second-order valence-corrected chi connectivity index (χ2v) is 5.41. The Morgan fingerprint density at radius 3 is 2.90 bits per heavy atom. The molecule has 0 saturated carbocycles. The summed E-state index contributed by atoms with van der Waals surface area (Å²) in [5, 5.41) is 3.57. The van der Waals surface area contributed by atoms with Crippen LogP contribution in [0.25, 0.3) is 0 Å². The molecule has 1 N–H and O–H groups in total. The molecule has 2 heterocycles. The number of hydrogen-bond donors (Lipinski definition) is 1. The van der Waals surface area contributed by atoms with Gasteiger partial charge < -0.3 is 15.0 Å². The minimum atomic E-state index is 0.600. The summed E-state index contributed by atoms with van der Waals surface area (Å²) in [4.78, 5) is 6.76. The zero-order valence-electron chi connectivity index (χ0n) is 12.3. The molecular formula is C16H25N3O. The van der Waals surface area contributed by atoms with E-state index in [0.29, 0.717) is 12.6 Å². The van der Waals surface area contributed by atoms with Gasteiger partial charge in [0, 0.05) is 31.9 Å². The van der Waals surface area contributed by atoms with Crippen LogP contribution in [-0.4, -0.2) is 43.9 Å². The summed E-state index contributed by atoms with van der Waals surface area (Å²) < 4.78 is 5.49. The van der Waals surface area contributed by atoms with Crippen LogP contribution in [0, 0.1) is 0 Å². The highest BCUT2D eigenvalue weighted by atomic mass is 16.5. The maximum Gasteiger partial charge on any atom is 0.128 e. The number of hydrogen-bond acceptors (Lipinski definition) is 4. The normalized spacial score (nSPS) is 16.4. The molecule has 4 nitrogen and oxygen atoms in total. The second kappa shape index (κ2) is 8.02. The van der Waals surface area contributed by atoms with Gasteiger partial charge in [0.15, 0.2) is 0 Å². The molecule has 0 aromatic carbocycles. The minimum absolute atomic E-state index is 0.600. The number of piperidine rings is 1. The largest absolute Gasteiger partial charge is 0.376 e. The maximum atomic E-state index is 5.49. The molecule has 4 heteroatoms. The first-order valence-corrected chi connectivity index (χ1v) is 7.37. The summed E-state index contributed by atoms with van der Waals surface area (Å²) >= 11 is 0. The van der Waals surface area contributed by atoms with E-state index in [0.717, 1.165) is 50.5 Å². The molecule has 1 aromatic heterocycles. The second-order valence-electron chi connectivity index (χ2n) is 5.41. The summed E-state index contributed by atoms with van der Waals surface area (Å²) in [5.74, 6) is 1.09. The van der Waals surface area contributed by atoms with Crippen LogP contribution < -0.4 is 10.2 Å². The van der Waals surface area contributed by atoms with E-state index in [1.54, 1.807) is 0 Å². The van der Waals surface area contributed by atoms with Gasteiger partial charge in [-0.25, -0.2) is 4.98 Å². The van der Waals surface area contributed by atoms with Crippen LogP contribution in [0.5, 0.6) is 0 Å². The minimum Gasteiger partial charge on any atom is -0.376 e. The third-order valence-electron chi connectivity index (χ3n) is 3.50. The Morgan fingerprint density at radius 1 is 1.45 bits per heavy atom. The Bertz CT molecular complexity index is 399. The molecule has 0 aliphatic carbocycles. The molecule has 1 aromatic rings. The van der Waals surface area contributed by atoms with Crippen molar-refractivity contribution in [1.82, 2.24) is 10.3 Å². The van der Waals surface area contributed by atoms with Crippen LogP contribution in [0.15, 0.2) is 36.5 Å². The van der Waals surface area contributed by atoms with Gasteiger partial charge in [-0.1, -0.05) is 18.2 Å². The standard InChI is InChI=1S/C16H25N3O/c1-14(2)13-20-12-9-17-15-6-10-19(11-7-15)16-5-3-4-8-18-16/h3-5,8,15,17H,1,6-7,9-13H2,2H3. The summed E-state index contributed by atoms with van der Waals surface area (Å²) in [6, 6.07) is 6.69. The number of anilines is 1. The number of nitrogens with one attached hydrogen (secondary N) is 1. The van der Waals surface area contributed by atoms with Crippen LogP contribution in [-0.2, 0) is 4.74 Å². The molecule has 1 saturated heterocycles. The molecule has 110 valence electrons. The average molecular weight is 275 g/mol. The van der Waals surface area contributed by atoms with Gasteiger partial charge in [-0.05, 0) is 31.9 Å². The van der Waals surface area contributed by atoms with Crippen LogP contribution in [0.1, 0.15) is 19.8 Å². The van der Waals surface area contributed by atoms with Crippen molar-refractivity contribution in [2.75, 3.05) is 37.7 Å². The summed E-state index contributed by atoms with van der Waals surface area (Å²) in [6.07, 6.45) is 4.19. The van der Waals surface area contributed by atoms with Crippen molar-refractivity contribution in [2.24, 2.45) is 0 Å². The fourth-order valence-corrected chi connectivity index (χ4v) is 2.44. The van der Waals surface area contributed by atoms with Crippen LogP contribution in [0.3, 0.4) is 0 Å². The van der Waals surface area contributed by atoms with Gasteiger partial charge in [0.25, 0.3) is 0 Å². The molecular weight excluding hydrogens is 250 g/mol. The summed E-state index contributed by atoms with van der Waals surface area (Å²) in [6.45, 7) is 10.3. The molecule has 1 aliphatic heterocycles. The van der Waals surface area contributed by atoms with Gasteiger partial charge in [0.2, 0.25) is 0 Å². The third-order valence-corrected chi connectivity index (χ3v) is 3.50. The van der Waals surface area contributed by atoms with Crippen LogP contribution in [0.4, 0.5) is 5.82 Å². The molecule has 0 atom stereocenters. The Balaban J connectivity index is 1.61. The Morgan fingerprint density at radius 2 is 2.25 bits per heavy atom. The van der Waals surface area contributed by atoms with Gasteiger partial charge in [0.1, 0.15) is 5.82 Å². The molecule has 1 aliphatic rings. The molecule has 0 bridgehead atoms. The number of pyridine rings is 1. The van der Waals surface area contributed by atoms with Crippen molar-refractivity contribution >= 4 is 5.82 Å². The lowest BCUT2D eigenvalue weighted by Crippen LogP contribution is -2.43. The van der Waals surface area contributed by atoms with E-state index in [1.165, 1.54) is 0 Å². The predicted molar refractivity (Wildman–Crippen MR) is 83.1 cm³/mol. The van der Waals surface area contributed by atoms with Gasteiger partial charge in [0.05, 0.1) is 13.2 Å². The first kappa shape index (κ1) is 15.0. The van der Waals surface area contributed by atoms with Crippen LogP contribution >= 0.6 is 0 Å². The maximum absolute atomic E-state index is 5.49. The van der Waals surface area contributed by atoms with Gasteiger partial charge in [-0.3, -0.25) is 0 Å². The van der Waals surface area contributed by atoms with E-state index in [4.69, 9.17) is 4.74 Å². The smallest absolute Gasteiger partial charge is 0.128 e. The monoisotopic (exact) mass is 275 g/mol. The SMILES string of the molecule is C=C(C)COCCNC1CCN(c2ccccn2)CC1. The van der Waals surface area contributed by atoms with Crippen molar-refractivity contribution in [2.45, 2.75) is 25.8 Å². The highest BCUT2D eigenvalue weighted by Crippen LogP contribution is 2.16. The van der Waals surface area contributed by atoms with Crippen molar-refractivity contribution in [3.63, 3.8) is 0 Å². The van der Waals surface area contributed by atoms with Crippen molar-refractivity contribution in [3.8, 4) is 0 Å². The molecule has 0 unspecified atom stereocenters.